The predicted molar refractivity (Wildman–Crippen MR) is 76.1 cm³/mol. The zero-order valence-corrected chi connectivity index (χ0v) is 11.1. The lowest BCUT2D eigenvalue weighted by Crippen LogP contribution is -1.80. The van der Waals surface area contributed by atoms with Gasteiger partial charge in [-0.05, 0) is 26.2 Å². The fourth-order valence-corrected chi connectivity index (χ4v) is 1.61. The number of allylic oxidation sites excluding steroid dienone is 6. The molecule has 0 saturated heterocycles. The van der Waals surface area contributed by atoms with Gasteiger partial charge in [-0.15, -0.1) is 0 Å². The number of aldehydes is 1. The van der Waals surface area contributed by atoms with Crippen LogP contribution in [0.25, 0.3) is 0 Å². The number of rotatable bonds is 11. The maximum atomic E-state index is 10.1. The quantitative estimate of drug-likeness (QED) is 0.279. The van der Waals surface area contributed by atoms with Crippen molar-refractivity contribution >= 4 is 6.29 Å². The van der Waals surface area contributed by atoms with Crippen LogP contribution in [0.1, 0.15) is 58.3 Å². The van der Waals surface area contributed by atoms with Crippen molar-refractivity contribution < 1.29 is 4.79 Å². The normalized spacial score (nSPS) is 12.1. The third-order valence-corrected chi connectivity index (χ3v) is 2.60. The molecule has 96 valence electrons. The van der Waals surface area contributed by atoms with E-state index in [1.54, 1.807) is 0 Å². The van der Waals surface area contributed by atoms with Gasteiger partial charge in [0.1, 0.15) is 6.29 Å². The van der Waals surface area contributed by atoms with Crippen LogP contribution in [0.5, 0.6) is 0 Å². The zero-order chi connectivity index (χ0) is 12.6. The van der Waals surface area contributed by atoms with Crippen molar-refractivity contribution in [3.05, 3.63) is 36.5 Å². The Morgan fingerprint density at radius 3 is 1.94 bits per heavy atom. The Labute approximate surface area is 106 Å². The highest BCUT2D eigenvalue weighted by Crippen LogP contribution is 2.08. The van der Waals surface area contributed by atoms with Gasteiger partial charge in [0.05, 0.1) is 0 Å². The van der Waals surface area contributed by atoms with E-state index in [1.807, 2.05) is 25.2 Å². The molecule has 0 N–H and O–H groups in total. The lowest BCUT2D eigenvalue weighted by Gasteiger charge is -1.98. The van der Waals surface area contributed by atoms with Crippen LogP contribution in [0.15, 0.2) is 36.5 Å². The number of hydrogen-bond acceptors (Lipinski definition) is 1. The van der Waals surface area contributed by atoms with Crippen molar-refractivity contribution in [2.24, 2.45) is 0 Å². The lowest BCUT2D eigenvalue weighted by atomic mass is 10.1. The van der Waals surface area contributed by atoms with Crippen LogP contribution in [0.3, 0.4) is 0 Å². The fourth-order valence-electron chi connectivity index (χ4n) is 1.61. The van der Waals surface area contributed by atoms with Crippen molar-refractivity contribution in [1.82, 2.24) is 0 Å². The highest BCUT2D eigenvalue weighted by Gasteiger charge is 1.89. The van der Waals surface area contributed by atoms with Gasteiger partial charge in [0.2, 0.25) is 0 Å². The third kappa shape index (κ3) is 14.9. The number of unbranched alkanes of at least 4 members (excludes halogenated alkanes) is 7. The van der Waals surface area contributed by atoms with Crippen LogP contribution in [-0.4, -0.2) is 6.29 Å². The van der Waals surface area contributed by atoms with Gasteiger partial charge in [-0.25, -0.2) is 0 Å². The second-order valence-corrected chi connectivity index (χ2v) is 4.20. The molecule has 0 radical (unpaired) electrons. The Morgan fingerprint density at radius 1 is 0.706 bits per heavy atom. The zero-order valence-electron chi connectivity index (χ0n) is 11.1. The molecule has 0 aliphatic heterocycles. The number of carbonyl (C=O) groups excluding carboxylic acids is 1. The first-order valence-corrected chi connectivity index (χ1v) is 6.80. The third-order valence-electron chi connectivity index (χ3n) is 2.60. The molecule has 0 heterocycles. The summed E-state index contributed by atoms with van der Waals surface area (Å²) >= 11 is 0. The molecule has 1 nitrogen and oxygen atoms in total. The molecule has 0 rings (SSSR count). The first kappa shape index (κ1) is 15.9. The molecule has 0 bridgehead atoms. The van der Waals surface area contributed by atoms with Crippen LogP contribution in [0.4, 0.5) is 0 Å². The standard InChI is InChI=1S/C16H26O/c1-2-3-4-5-6-7-8-9-10-11-12-13-14-15-16-17/h2-7,16H,8-15H2,1H3/b3-2?,5-4+,7-6-. The molecule has 0 aliphatic carbocycles. The second kappa shape index (κ2) is 14.9. The predicted octanol–water partition coefficient (Wildman–Crippen LogP) is 4.99. The van der Waals surface area contributed by atoms with E-state index in [9.17, 15) is 4.79 Å². The Kier molecular flexibility index (Phi) is 13.9. The van der Waals surface area contributed by atoms with E-state index in [2.05, 4.69) is 18.2 Å². The number of carbonyl (C=O) groups is 1. The maximum absolute atomic E-state index is 10.1. The summed E-state index contributed by atoms with van der Waals surface area (Å²) in [6.45, 7) is 2.02. The summed E-state index contributed by atoms with van der Waals surface area (Å²) in [6, 6.07) is 0. The second-order valence-electron chi connectivity index (χ2n) is 4.20. The van der Waals surface area contributed by atoms with E-state index >= 15 is 0 Å². The fraction of sp³-hybridized carbons (Fsp3) is 0.562. The largest absolute Gasteiger partial charge is 0.303 e. The molecule has 0 fully saturated rings. The average molecular weight is 234 g/mol. The minimum Gasteiger partial charge on any atom is -0.303 e. The summed E-state index contributed by atoms with van der Waals surface area (Å²) in [4.78, 5) is 10.1. The van der Waals surface area contributed by atoms with Gasteiger partial charge in [0.25, 0.3) is 0 Å². The Bertz CT molecular complexity index is 236. The van der Waals surface area contributed by atoms with Crippen LogP contribution in [-0.2, 0) is 4.79 Å². The lowest BCUT2D eigenvalue weighted by molar-refractivity contribution is -0.107. The van der Waals surface area contributed by atoms with Gasteiger partial charge >= 0.3 is 0 Å². The summed E-state index contributed by atoms with van der Waals surface area (Å²) < 4.78 is 0. The molecule has 1 heteroatoms. The van der Waals surface area contributed by atoms with Crippen LogP contribution in [0, 0.1) is 0 Å². The Balaban J connectivity index is 3.15. The van der Waals surface area contributed by atoms with Crippen molar-refractivity contribution in [3.63, 3.8) is 0 Å². The van der Waals surface area contributed by atoms with Gasteiger partial charge in [-0.1, -0.05) is 62.1 Å². The van der Waals surface area contributed by atoms with Crippen molar-refractivity contribution in [2.75, 3.05) is 0 Å². The number of hydrogen-bond donors (Lipinski definition) is 0. The van der Waals surface area contributed by atoms with E-state index in [0.29, 0.717) is 0 Å². The first-order valence-electron chi connectivity index (χ1n) is 6.80. The molecule has 0 aromatic rings. The Morgan fingerprint density at radius 2 is 1.29 bits per heavy atom. The molecular formula is C16H26O. The molecule has 0 aromatic carbocycles. The molecule has 17 heavy (non-hydrogen) atoms. The SMILES string of the molecule is CC=C/C=C/C=C\CCCCCCCCC=O. The van der Waals surface area contributed by atoms with E-state index in [-0.39, 0.29) is 0 Å². The van der Waals surface area contributed by atoms with Gasteiger partial charge in [-0.2, -0.15) is 0 Å². The summed E-state index contributed by atoms with van der Waals surface area (Å²) in [6.07, 6.45) is 22.9. The highest BCUT2D eigenvalue weighted by atomic mass is 16.1. The highest BCUT2D eigenvalue weighted by molar-refractivity contribution is 5.48. The molecule has 0 amide bonds. The first-order chi connectivity index (χ1) is 8.41. The molecule has 0 saturated carbocycles. The van der Waals surface area contributed by atoms with E-state index < -0.39 is 0 Å². The van der Waals surface area contributed by atoms with E-state index in [4.69, 9.17) is 0 Å². The topological polar surface area (TPSA) is 17.1 Å². The van der Waals surface area contributed by atoms with Gasteiger partial charge in [0, 0.05) is 6.42 Å². The molecule has 0 aliphatic rings. The van der Waals surface area contributed by atoms with Crippen molar-refractivity contribution in [1.29, 1.82) is 0 Å². The summed E-state index contributed by atoms with van der Waals surface area (Å²) in [5, 5.41) is 0. The monoisotopic (exact) mass is 234 g/mol. The molecule has 0 unspecified atom stereocenters. The van der Waals surface area contributed by atoms with Crippen LogP contribution >= 0.6 is 0 Å². The summed E-state index contributed by atoms with van der Waals surface area (Å²) in [5.41, 5.74) is 0. The minimum atomic E-state index is 0.737. The minimum absolute atomic E-state index is 0.737. The van der Waals surface area contributed by atoms with Crippen molar-refractivity contribution in [2.45, 2.75) is 58.3 Å². The average Bonchev–Trinajstić information content (AvgIpc) is 2.35. The van der Waals surface area contributed by atoms with Gasteiger partial charge < -0.3 is 4.79 Å². The molecule has 0 spiro atoms. The summed E-state index contributed by atoms with van der Waals surface area (Å²) in [5.74, 6) is 0. The van der Waals surface area contributed by atoms with E-state index in [0.717, 1.165) is 19.1 Å². The maximum Gasteiger partial charge on any atom is 0.119 e. The summed E-state index contributed by atoms with van der Waals surface area (Å²) in [7, 11) is 0. The van der Waals surface area contributed by atoms with Gasteiger partial charge in [0.15, 0.2) is 0 Å². The molecule has 0 atom stereocenters. The van der Waals surface area contributed by atoms with Gasteiger partial charge in [-0.3, -0.25) is 0 Å². The van der Waals surface area contributed by atoms with Crippen molar-refractivity contribution in [3.8, 4) is 0 Å². The van der Waals surface area contributed by atoms with Crippen LogP contribution in [0.2, 0.25) is 0 Å². The molecular weight excluding hydrogens is 208 g/mol. The van der Waals surface area contributed by atoms with E-state index in [1.165, 1.54) is 38.5 Å². The molecule has 0 aromatic heterocycles. The van der Waals surface area contributed by atoms with Crippen LogP contribution < -0.4 is 0 Å². The smallest absolute Gasteiger partial charge is 0.119 e. The Hall–Kier alpha value is -1.11.